The van der Waals surface area contributed by atoms with Crippen LogP contribution in [0, 0.1) is 0 Å². The molecule has 0 saturated heterocycles. The molecule has 0 atom stereocenters. The second-order valence-corrected chi connectivity index (χ2v) is 21.4. The average molecular weight is 710 g/mol. The molecular weight excluding hydrogens is 668 g/mol. The van der Waals surface area contributed by atoms with Crippen molar-refractivity contribution in [3.8, 4) is 0 Å². The minimum absolute atomic E-state index is 0.203. The SMILES string of the molecule is CC(C)(C)N(CCCc1cccc2nc(CNc3nc(S(C)(=O)=O)nc4c(Br)cnn34)n(COCC[Si](C)(C)C)c12)C(=O)O. The molecule has 0 spiro atoms. The fraction of sp³-hybridized carbons (Fsp3) is 0.536. The first-order valence-electron chi connectivity index (χ1n) is 14.4. The number of fused-ring (bicyclic) bond motifs is 2. The van der Waals surface area contributed by atoms with E-state index in [2.05, 4.69) is 56.0 Å². The summed E-state index contributed by atoms with van der Waals surface area (Å²) >= 11 is 3.38. The number of carboxylic acid groups (broad SMARTS) is 1. The van der Waals surface area contributed by atoms with Crippen molar-refractivity contribution in [2.75, 3.05) is 24.7 Å². The van der Waals surface area contributed by atoms with E-state index in [1.165, 1.54) is 15.6 Å². The Kier molecular flexibility index (Phi) is 10.1. The zero-order valence-corrected chi connectivity index (χ0v) is 29.7. The maximum absolute atomic E-state index is 12.3. The Morgan fingerprint density at radius 1 is 1.18 bits per heavy atom. The second-order valence-electron chi connectivity index (χ2n) is 13.0. The third-order valence-corrected chi connectivity index (χ3v) is 10.2. The molecule has 1 aromatic carbocycles. The Labute approximate surface area is 267 Å². The van der Waals surface area contributed by atoms with Gasteiger partial charge >= 0.3 is 6.09 Å². The Morgan fingerprint density at radius 2 is 1.91 bits per heavy atom. The predicted octanol–water partition coefficient (Wildman–Crippen LogP) is 5.28. The van der Waals surface area contributed by atoms with Crippen LogP contribution in [0.4, 0.5) is 10.7 Å². The average Bonchev–Trinajstić information content (AvgIpc) is 3.46. The molecule has 44 heavy (non-hydrogen) atoms. The molecule has 3 aromatic heterocycles. The van der Waals surface area contributed by atoms with E-state index in [4.69, 9.17) is 9.72 Å². The minimum Gasteiger partial charge on any atom is -0.465 e. The molecule has 13 nitrogen and oxygen atoms in total. The molecule has 0 aliphatic rings. The van der Waals surface area contributed by atoms with Crippen LogP contribution in [0.5, 0.6) is 0 Å². The molecule has 16 heteroatoms. The van der Waals surface area contributed by atoms with E-state index in [0.717, 1.165) is 28.9 Å². The summed E-state index contributed by atoms with van der Waals surface area (Å²) in [5, 5.41) is 16.9. The molecule has 0 unspecified atom stereocenters. The molecule has 240 valence electrons. The van der Waals surface area contributed by atoms with Gasteiger partial charge in [-0.15, -0.1) is 0 Å². The highest BCUT2D eigenvalue weighted by Crippen LogP contribution is 2.25. The molecule has 3 heterocycles. The number of anilines is 1. The summed E-state index contributed by atoms with van der Waals surface area (Å²) in [4.78, 5) is 26.6. The molecule has 0 aliphatic heterocycles. The number of ether oxygens (including phenoxy) is 1. The number of aryl methyl sites for hydroxylation is 1. The fourth-order valence-corrected chi connectivity index (χ4v) is 6.34. The minimum atomic E-state index is -3.69. The number of halogens is 1. The highest BCUT2D eigenvalue weighted by atomic mass is 79.9. The standard InChI is InChI=1S/C28H41BrN8O5SSi/c1-28(2,3)36(27(38)39)13-9-11-19-10-8-12-21-23(19)35(18-42-14-15-44(5,6)7)22(32-21)17-30-25-34-26(43(4,40)41)33-24-20(29)16-31-37(24)25/h8,10,12,16H,9,11,13-15,17-18H2,1-7H3,(H,38,39)(H,30,33,34). The van der Waals surface area contributed by atoms with E-state index in [1.54, 1.807) is 0 Å². The van der Waals surface area contributed by atoms with E-state index >= 15 is 0 Å². The molecular formula is C28H41BrN8O5SSi. The Bertz CT molecular complexity index is 1760. The number of imidazole rings is 1. The van der Waals surface area contributed by atoms with E-state index < -0.39 is 29.5 Å². The summed E-state index contributed by atoms with van der Waals surface area (Å²) < 4.78 is 34.8. The molecule has 0 aliphatic carbocycles. The van der Waals surface area contributed by atoms with Gasteiger partial charge in [-0.05, 0) is 67.2 Å². The molecule has 4 aromatic rings. The van der Waals surface area contributed by atoms with Gasteiger partial charge in [0.25, 0.3) is 5.16 Å². The monoisotopic (exact) mass is 708 g/mol. The topological polar surface area (TPSA) is 157 Å². The molecule has 0 radical (unpaired) electrons. The van der Waals surface area contributed by atoms with Gasteiger partial charge in [-0.1, -0.05) is 31.8 Å². The zero-order chi connectivity index (χ0) is 32.4. The summed E-state index contributed by atoms with van der Waals surface area (Å²) in [6, 6.07) is 6.94. The molecule has 1 amide bonds. The molecule has 0 saturated carbocycles. The van der Waals surface area contributed by atoms with Crippen LogP contribution in [-0.2, 0) is 34.3 Å². The first kappa shape index (κ1) is 33.8. The van der Waals surface area contributed by atoms with Crippen molar-refractivity contribution in [2.45, 2.75) is 83.3 Å². The number of sulfone groups is 1. The summed E-state index contributed by atoms with van der Waals surface area (Å²) in [5.41, 5.74) is 2.55. The number of rotatable bonds is 13. The van der Waals surface area contributed by atoms with Crippen molar-refractivity contribution in [1.29, 1.82) is 0 Å². The predicted molar refractivity (Wildman–Crippen MR) is 176 cm³/mol. The number of carbonyl (C=O) groups is 1. The highest BCUT2D eigenvalue weighted by molar-refractivity contribution is 9.10. The summed E-state index contributed by atoms with van der Waals surface area (Å²) in [5.74, 6) is 0.872. The Hall–Kier alpha value is -3.08. The lowest BCUT2D eigenvalue weighted by Gasteiger charge is -2.33. The summed E-state index contributed by atoms with van der Waals surface area (Å²) in [7, 11) is -4.99. The largest absolute Gasteiger partial charge is 0.465 e. The number of hydrogen-bond acceptors (Lipinski definition) is 9. The van der Waals surface area contributed by atoms with Gasteiger partial charge in [0, 0.05) is 33.0 Å². The van der Waals surface area contributed by atoms with Gasteiger partial charge in [-0.25, -0.2) is 18.2 Å². The lowest BCUT2D eigenvalue weighted by Crippen LogP contribution is -2.45. The number of nitrogens with one attached hydrogen (secondary N) is 1. The van der Waals surface area contributed by atoms with Gasteiger partial charge in [0.15, 0.2) is 5.65 Å². The third-order valence-electron chi connectivity index (χ3n) is 7.06. The van der Waals surface area contributed by atoms with Crippen LogP contribution < -0.4 is 5.32 Å². The van der Waals surface area contributed by atoms with Crippen LogP contribution in [0.25, 0.3) is 16.7 Å². The van der Waals surface area contributed by atoms with Crippen molar-refractivity contribution in [1.82, 2.24) is 34.0 Å². The molecule has 0 bridgehead atoms. The van der Waals surface area contributed by atoms with Crippen molar-refractivity contribution in [2.24, 2.45) is 0 Å². The van der Waals surface area contributed by atoms with E-state index in [-0.39, 0.29) is 24.4 Å². The van der Waals surface area contributed by atoms with Crippen LogP contribution in [0.2, 0.25) is 25.7 Å². The first-order chi connectivity index (χ1) is 20.5. The van der Waals surface area contributed by atoms with Gasteiger partial charge in [0.1, 0.15) is 12.6 Å². The van der Waals surface area contributed by atoms with E-state index in [1.807, 2.05) is 43.5 Å². The smallest absolute Gasteiger partial charge is 0.407 e. The molecule has 0 fully saturated rings. The molecule has 2 N–H and O–H groups in total. The van der Waals surface area contributed by atoms with Gasteiger partial charge in [0.2, 0.25) is 15.8 Å². The number of hydrogen-bond donors (Lipinski definition) is 2. The van der Waals surface area contributed by atoms with Crippen molar-refractivity contribution < 1.29 is 23.1 Å². The summed E-state index contributed by atoms with van der Waals surface area (Å²) in [6.07, 6.45) is 2.94. The number of amides is 1. The van der Waals surface area contributed by atoms with Crippen LogP contribution in [0.15, 0.2) is 34.0 Å². The summed E-state index contributed by atoms with van der Waals surface area (Å²) in [6.45, 7) is 14.1. The zero-order valence-electron chi connectivity index (χ0n) is 26.3. The van der Waals surface area contributed by atoms with Gasteiger partial charge in [-0.3, -0.25) is 0 Å². The Morgan fingerprint density at radius 3 is 2.55 bits per heavy atom. The van der Waals surface area contributed by atoms with Crippen LogP contribution in [0.3, 0.4) is 0 Å². The maximum atomic E-state index is 12.3. The number of benzene rings is 1. The fourth-order valence-electron chi connectivity index (χ4n) is 4.73. The van der Waals surface area contributed by atoms with Crippen molar-refractivity contribution in [3.63, 3.8) is 0 Å². The lowest BCUT2D eigenvalue weighted by molar-refractivity contribution is 0.0879. The van der Waals surface area contributed by atoms with Gasteiger partial charge in [0.05, 0.1) is 28.2 Å². The van der Waals surface area contributed by atoms with Crippen molar-refractivity contribution in [3.05, 3.63) is 40.3 Å². The number of nitrogens with zero attached hydrogens (tertiary/aromatic N) is 7. The van der Waals surface area contributed by atoms with Crippen molar-refractivity contribution >= 4 is 62.6 Å². The Balaban J connectivity index is 1.67. The highest BCUT2D eigenvalue weighted by Gasteiger charge is 2.26. The number of aromatic nitrogens is 6. The number of para-hydroxylation sites is 1. The maximum Gasteiger partial charge on any atom is 0.407 e. The lowest BCUT2D eigenvalue weighted by atomic mass is 10.0. The second kappa shape index (κ2) is 13.1. The quantitative estimate of drug-likeness (QED) is 0.138. The van der Waals surface area contributed by atoms with E-state index in [9.17, 15) is 18.3 Å². The van der Waals surface area contributed by atoms with Gasteiger partial charge in [-0.2, -0.15) is 19.6 Å². The van der Waals surface area contributed by atoms with Gasteiger partial charge < -0.3 is 24.6 Å². The van der Waals surface area contributed by atoms with Crippen LogP contribution in [-0.4, -0.2) is 86.7 Å². The van der Waals surface area contributed by atoms with Crippen LogP contribution in [0.1, 0.15) is 38.6 Å². The normalized spacial score (nSPS) is 12.7. The van der Waals surface area contributed by atoms with E-state index in [0.29, 0.717) is 41.9 Å². The first-order valence-corrected chi connectivity index (χ1v) is 20.8. The van der Waals surface area contributed by atoms with Crippen LogP contribution >= 0.6 is 15.9 Å². The molecule has 4 rings (SSSR count). The third kappa shape index (κ3) is 8.14.